The molecule has 0 radical (unpaired) electrons. The quantitative estimate of drug-likeness (QED) is 0.504. The summed E-state index contributed by atoms with van der Waals surface area (Å²) in [5.41, 5.74) is 1.94. The van der Waals surface area contributed by atoms with Crippen LogP contribution in [0.5, 0.6) is 0 Å². The molecule has 5 nitrogen and oxygen atoms in total. The fourth-order valence-electron chi connectivity index (χ4n) is 1.70. The fourth-order valence-corrected chi connectivity index (χ4v) is 6.59. The van der Waals surface area contributed by atoms with Gasteiger partial charge in [-0.15, -0.1) is 0 Å². The molecule has 23 heavy (non-hydrogen) atoms. The van der Waals surface area contributed by atoms with Crippen molar-refractivity contribution in [1.29, 1.82) is 0 Å². The van der Waals surface area contributed by atoms with Gasteiger partial charge in [-0.25, -0.2) is 0 Å². The van der Waals surface area contributed by atoms with Crippen molar-refractivity contribution in [2.75, 3.05) is 30.9 Å². The molecule has 2 unspecified atom stereocenters. The van der Waals surface area contributed by atoms with Gasteiger partial charge in [-0.2, -0.15) is 0 Å². The average Bonchev–Trinajstić information content (AvgIpc) is 2.47. The number of rotatable bonds is 8. The van der Waals surface area contributed by atoms with Gasteiger partial charge in [0.15, 0.2) is 5.11 Å². The number of anilines is 2. The van der Waals surface area contributed by atoms with E-state index in [4.69, 9.17) is 16.7 Å². The van der Waals surface area contributed by atoms with Crippen LogP contribution in [0.2, 0.25) is 0 Å². The van der Waals surface area contributed by atoms with Crippen LogP contribution < -0.4 is 15.3 Å². The first-order valence-electron chi connectivity index (χ1n) is 7.59. The van der Waals surface area contributed by atoms with Crippen molar-refractivity contribution in [1.82, 2.24) is 5.09 Å². The normalized spacial score (nSPS) is 14.7. The van der Waals surface area contributed by atoms with E-state index < -0.39 is 6.72 Å². The minimum absolute atomic E-state index is 0.224. The van der Waals surface area contributed by atoms with Crippen LogP contribution in [-0.2, 0) is 9.09 Å². The predicted octanol–water partition coefficient (Wildman–Crippen LogP) is 4.72. The molecule has 0 saturated carbocycles. The molecule has 0 fully saturated rings. The molecule has 0 heterocycles. The molecule has 2 atom stereocenters. The van der Waals surface area contributed by atoms with E-state index >= 15 is 0 Å². The van der Waals surface area contributed by atoms with E-state index in [2.05, 4.69) is 17.3 Å². The van der Waals surface area contributed by atoms with Crippen LogP contribution in [0.15, 0.2) is 24.3 Å². The van der Waals surface area contributed by atoms with Crippen LogP contribution in [-0.4, -0.2) is 31.1 Å². The van der Waals surface area contributed by atoms with E-state index in [-0.39, 0.29) is 5.25 Å². The maximum Gasteiger partial charge on any atom is 0.353 e. The van der Waals surface area contributed by atoms with Crippen molar-refractivity contribution < 1.29 is 9.09 Å². The first-order chi connectivity index (χ1) is 10.8. The first kappa shape index (κ1) is 20.3. The van der Waals surface area contributed by atoms with Crippen LogP contribution in [0.1, 0.15) is 27.2 Å². The molecule has 1 aromatic carbocycles. The summed E-state index contributed by atoms with van der Waals surface area (Å²) in [7, 11) is 3.97. The minimum Gasteiger partial charge on any atom is -0.378 e. The maximum absolute atomic E-state index is 12.8. The zero-order valence-electron chi connectivity index (χ0n) is 14.3. The van der Waals surface area contributed by atoms with E-state index in [1.54, 1.807) is 0 Å². The lowest BCUT2D eigenvalue weighted by molar-refractivity contribution is 0.343. The highest BCUT2D eigenvalue weighted by atomic mass is 32.7. The molecule has 1 rings (SSSR count). The lowest BCUT2D eigenvalue weighted by Gasteiger charge is -2.22. The summed E-state index contributed by atoms with van der Waals surface area (Å²) in [5.74, 6) is 0. The second-order valence-electron chi connectivity index (χ2n) is 5.25. The van der Waals surface area contributed by atoms with Crippen molar-refractivity contribution in [3.8, 4) is 0 Å². The standard InChI is InChI=1S/C15H26N3O2PS2/c1-6-12(3)23-21(19,20-7-2)17-15(22)16-13-8-10-14(11-9-13)18(4)5/h8-12H,6-7H2,1-5H3,(H2,16,17,19,22). The van der Waals surface area contributed by atoms with Crippen molar-refractivity contribution in [2.45, 2.75) is 32.4 Å². The van der Waals surface area contributed by atoms with Crippen LogP contribution >= 0.6 is 30.3 Å². The summed E-state index contributed by atoms with van der Waals surface area (Å²) >= 11 is 6.58. The molecule has 0 aliphatic heterocycles. The van der Waals surface area contributed by atoms with E-state index in [1.807, 2.05) is 57.1 Å². The number of nitrogens with one attached hydrogen (secondary N) is 2. The topological polar surface area (TPSA) is 53.6 Å². The molecule has 0 aliphatic carbocycles. The Hall–Kier alpha value is -0.750. The van der Waals surface area contributed by atoms with Crippen LogP contribution in [0.25, 0.3) is 0 Å². The van der Waals surface area contributed by atoms with E-state index in [0.717, 1.165) is 17.8 Å². The maximum atomic E-state index is 12.8. The summed E-state index contributed by atoms with van der Waals surface area (Å²) in [6.07, 6.45) is 0.912. The van der Waals surface area contributed by atoms with Crippen LogP contribution in [0.4, 0.5) is 11.4 Å². The molecule has 0 amide bonds. The molecule has 0 aliphatic rings. The predicted molar refractivity (Wildman–Crippen MR) is 107 cm³/mol. The third-order valence-electron chi connectivity index (χ3n) is 3.07. The lowest BCUT2D eigenvalue weighted by Crippen LogP contribution is -2.26. The summed E-state index contributed by atoms with van der Waals surface area (Å²) in [4.78, 5) is 2.02. The van der Waals surface area contributed by atoms with Crippen molar-refractivity contribution >= 4 is 46.8 Å². The summed E-state index contributed by atoms with van der Waals surface area (Å²) in [6.45, 7) is 3.21. The first-order valence-corrected chi connectivity index (χ1v) is 11.1. The Morgan fingerprint density at radius 3 is 2.43 bits per heavy atom. The van der Waals surface area contributed by atoms with Gasteiger partial charge in [-0.3, -0.25) is 9.65 Å². The van der Waals surface area contributed by atoms with Gasteiger partial charge in [0.1, 0.15) is 0 Å². The van der Waals surface area contributed by atoms with Gasteiger partial charge in [0.2, 0.25) is 0 Å². The number of benzene rings is 1. The summed E-state index contributed by atoms with van der Waals surface area (Å²) in [5, 5.41) is 6.43. The number of thiocarbonyl (C=S) groups is 1. The highest BCUT2D eigenvalue weighted by molar-refractivity contribution is 8.56. The van der Waals surface area contributed by atoms with Gasteiger partial charge in [0.25, 0.3) is 0 Å². The van der Waals surface area contributed by atoms with Gasteiger partial charge in [0.05, 0.1) is 6.61 Å². The molecule has 2 N–H and O–H groups in total. The van der Waals surface area contributed by atoms with Crippen LogP contribution in [0.3, 0.4) is 0 Å². The molecule has 0 spiro atoms. The van der Waals surface area contributed by atoms with E-state index in [0.29, 0.717) is 11.7 Å². The zero-order chi connectivity index (χ0) is 17.5. The number of hydrogen-bond acceptors (Lipinski definition) is 5. The van der Waals surface area contributed by atoms with E-state index in [9.17, 15) is 4.57 Å². The second kappa shape index (κ2) is 9.52. The summed E-state index contributed by atoms with van der Waals surface area (Å²) < 4.78 is 18.3. The number of nitrogens with zero attached hydrogens (tertiary/aromatic N) is 1. The third kappa shape index (κ3) is 7.12. The highest BCUT2D eigenvalue weighted by Crippen LogP contribution is 2.58. The van der Waals surface area contributed by atoms with Gasteiger partial charge >= 0.3 is 6.72 Å². The Labute approximate surface area is 148 Å². The Balaban J connectivity index is 2.70. The molecule has 0 bridgehead atoms. The van der Waals surface area contributed by atoms with Crippen LogP contribution in [0, 0.1) is 0 Å². The van der Waals surface area contributed by atoms with Crippen molar-refractivity contribution in [2.24, 2.45) is 0 Å². The average molecular weight is 376 g/mol. The molecular weight excluding hydrogens is 349 g/mol. The minimum atomic E-state index is -3.06. The Morgan fingerprint density at radius 2 is 1.96 bits per heavy atom. The highest BCUT2D eigenvalue weighted by Gasteiger charge is 2.27. The zero-order valence-corrected chi connectivity index (χ0v) is 16.9. The Bertz CT molecular complexity index is 552. The van der Waals surface area contributed by atoms with Gasteiger partial charge in [-0.05, 0) is 61.2 Å². The van der Waals surface area contributed by atoms with Crippen molar-refractivity contribution in [3.05, 3.63) is 24.3 Å². The fraction of sp³-hybridized carbons (Fsp3) is 0.533. The third-order valence-corrected chi connectivity index (χ3v) is 8.00. The Morgan fingerprint density at radius 1 is 1.35 bits per heavy atom. The van der Waals surface area contributed by atoms with Gasteiger partial charge < -0.3 is 14.7 Å². The molecular formula is C15H26N3O2PS2. The van der Waals surface area contributed by atoms with E-state index in [1.165, 1.54) is 11.4 Å². The molecule has 8 heteroatoms. The molecule has 1 aromatic rings. The lowest BCUT2D eigenvalue weighted by atomic mass is 10.2. The largest absolute Gasteiger partial charge is 0.378 e. The second-order valence-corrected chi connectivity index (χ2v) is 10.2. The molecule has 0 saturated heterocycles. The Kier molecular flexibility index (Phi) is 8.40. The molecule has 0 aromatic heterocycles. The summed E-state index contributed by atoms with van der Waals surface area (Å²) in [6, 6.07) is 7.83. The van der Waals surface area contributed by atoms with Gasteiger partial charge in [0, 0.05) is 30.7 Å². The SMILES string of the molecule is CCOP(=O)(NC(=S)Nc1ccc(N(C)C)cc1)SC(C)CC. The van der Waals surface area contributed by atoms with Gasteiger partial charge in [-0.1, -0.05) is 13.8 Å². The number of hydrogen-bond donors (Lipinski definition) is 2. The molecule has 130 valence electrons. The van der Waals surface area contributed by atoms with Crippen molar-refractivity contribution in [3.63, 3.8) is 0 Å². The smallest absolute Gasteiger partial charge is 0.353 e. The monoisotopic (exact) mass is 375 g/mol.